The molecule has 3 N–H and O–H groups in total. The van der Waals surface area contributed by atoms with Crippen LogP contribution < -0.4 is 5.73 Å². The minimum Gasteiger partial charge on any atom is -0.399 e. The van der Waals surface area contributed by atoms with Gasteiger partial charge in [0, 0.05) is 51.8 Å². The molecule has 0 saturated heterocycles. The first-order chi connectivity index (χ1) is 21.2. The fourth-order valence-corrected chi connectivity index (χ4v) is 4.58. The molecule has 6 rings (SSSR count). The first kappa shape index (κ1) is 32.3. The second-order valence-electron chi connectivity index (χ2n) is 9.86. The molecule has 0 saturated carbocycles. The van der Waals surface area contributed by atoms with Crippen molar-refractivity contribution in [2.24, 2.45) is 0 Å². The summed E-state index contributed by atoms with van der Waals surface area (Å²) in [6, 6.07) is 13.8. The lowest BCUT2D eigenvalue weighted by atomic mass is 10.2. The molecular formula is C28H27F4N9O4. The Labute approximate surface area is 251 Å². The van der Waals surface area contributed by atoms with Gasteiger partial charge in [-0.2, -0.15) is 15.3 Å². The van der Waals surface area contributed by atoms with E-state index in [1.807, 2.05) is 6.92 Å². The number of non-ortho nitro benzene ring substituents is 2. The number of aromatic amines is 1. The van der Waals surface area contributed by atoms with Gasteiger partial charge in [0.2, 0.25) is 0 Å². The van der Waals surface area contributed by atoms with Crippen molar-refractivity contribution in [3.8, 4) is 0 Å². The molecule has 3 heterocycles. The van der Waals surface area contributed by atoms with Crippen molar-refractivity contribution in [3.05, 3.63) is 91.9 Å². The molecule has 6 aromatic rings. The fourth-order valence-electron chi connectivity index (χ4n) is 4.58. The molecule has 236 valence electrons. The number of halogens is 4. The lowest BCUT2D eigenvalue weighted by Gasteiger charge is -2.01. The lowest BCUT2D eigenvalue weighted by molar-refractivity contribution is -0.384. The normalized spacial score (nSPS) is 11.1. The number of hydrogen-bond donors (Lipinski definition) is 2. The van der Waals surface area contributed by atoms with E-state index in [1.165, 1.54) is 39.7 Å². The molecule has 0 bridgehead atoms. The average Bonchev–Trinajstić information content (AvgIpc) is 3.60. The van der Waals surface area contributed by atoms with Crippen molar-refractivity contribution in [3.63, 3.8) is 0 Å². The summed E-state index contributed by atoms with van der Waals surface area (Å²) >= 11 is 0. The first-order valence-electron chi connectivity index (χ1n) is 13.2. The first-order valence-corrected chi connectivity index (χ1v) is 13.2. The number of hydrogen-bond acceptors (Lipinski definition) is 8. The average molecular weight is 630 g/mol. The Kier molecular flexibility index (Phi) is 9.59. The highest BCUT2D eigenvalue weighted by molar-refractivity contribution is 5.85. The molecule has 0 aliphatic carbocycles. The predicted octanol–water partition coefficient (Wildman–Crippen LogP) is 6.49. The van der Waals surface area contributed by atoms with E-state index >= 15 is 0 Å². The number of aromatic nitrogens is 6. The molecule has 45 heavy (non-hydrogen) atoms. The highest BCUT2D eigenvalue weighted by atomic mass is 19.3. The van der Waals surface area contributed by atoms with Crippen molar-refractivity contribution >= 4 is 49.8 Å². The zero-order valence-electron chi connectivity index (χ0n) is 24.1. The largest absolute Gasteiger partial charge is 0.399 e. The number of nitrogens with one attached hydrogen (secondary N) is 1. The van der Waals surface area contributed by atoms with Gasteiger partial charge in [-0.3, -0.25) is 34.7 Å². The second kappa shape index (κ2) is 13.4. The number of nitro benzene ring substituents is 2. The van der Waals surface area contributed by atoms with Gasteiger partial charge in [-0.15, -0.1) is 0 Å². The molecule has 3 aromatic heterocycles. The Balaban J connectivity index is 0.000000155. The molecule has 0 fully saturated rings. The summed E-state index contributed by atoms with van der Waals surface area (Å²) in [4.78, 5) is 20.1. The molecule has 0 spiro atoms. The minimum atomic E-state index is -2.51. The van der Waals surface area contributed by atoms with Gasteiger partial charge in [0.05, 0.1) is 37.8 Å². The number of nitrogens with two attached hydrogens (primary N) is 1. The number of nitrogen functional groups attached to an aromatic ring is 1. The third kappa shape index (κ3) is 7.49. The molecule has 0 atom stereocenters. The van der Waals surface area contributed by atoms with Crippen molar-refractivity contribution in [1.29, 1.82) is 0 Å². The zero-order valence-corrected chi connectivity index (χ0v) is 24.1. The molecule has 17 heteroatoms. The number of rotatable bonds is 6. The highest BCUT2D eigenvalue weighted by Crippen LogP contribution is 2.25. The summed E-state index contributed by atoms with van der Waals surface area (Å²) in [6.45, 7) is 4.35. The van der Waals surface area contributed by atoms with Crippen LogP contribution in [-0.2, 0) is 13.1 Å². The quantitative estimate of drug-likeness (QED) is 0.0909. The van der Waals surface area contributed by atoms with E-state index < -0.39 is 29.2 Å². The number of benzene rings is 3. The van der Waals surface area contributed by atoms with E-state index in [9.17, 15) is 37.8 Å². The Morgan fingerprint density at radius 2 is 1.22 bits per heavy atom. The number of nitrogens with zero attached hydrogens (tertiary/aromatic N) is 7. The Morgan fingerprint density at radius 1 is 0.756 bits per heavy atom. The molecule has 0 aliphatic heterocycles. The third-order valence-electron chi connectivity index (χ3n) is 6.65. The molecule has 13 nitrogen and oxygen atoms in total. The molecule has 0 amide bonds. The predicted molar refractivity (Wildman–Crippen MR) is 159 cm³/mol. The Bertz CT molecular complexity index is 2000. The maximum atomic E-state index is 12.3. The van der Waals surface area contributed by atoms with Crippen LogP contribution in [0.4, 0.5) is 34.6 Å². The maximum Gasteiger partial charge on any atom is 0.270 e. The molecular weight excluding hydrogens is 602 g/mol. The van der Waals surface area contributed by atoms with Crippen LogP contribution >= 0.6 is 0 Å². The lowest BCUT2D eigenvalue weighted by Crippen LogP contribution is -2.07. The molecule has 3 aromatic carbocycles. The standard InChI is InChI=1S/C10H9F2N3O2.C10H11F2N3.C8H7N3O2/c1-6-8-4-7(15(16)17)2-3-9(8)14(13-6)5-10(11)12;1-6-8-4-7(13)2-3-9(8)15(14-6)5-10(11)12;1-5-7-4-6(11(12)13)2-3-8(7)10-9-5/h2-4,10H,5H2,1H3;2-4,10H,5,13H2,1H3;2-4H,1H3,(H,9,10). The van der Waals surface area contributed by atoms with Gasteiger partial charge in [-0.1, -0.05) is 0 Å². The van der Waals surface area contributed by atoms with E-state index in [-0.39, 0.29) is 17.9 Å². The van der Waals surface area contributed by atoms with Crippen molar-refractivity contribution in [1.82, 2.24) is 29.8 Å². The number of nitro groups is 2. The van der Waals surface area contributed by atoms with E-state index in [2.05, 4.69) is 20.4 Å². The number of anilines is 1. The summed E-state index contributed by atoms with van der Waals surface area (Å²) in [6.07, 6.45) is -4.90. The zero-order chi connectivity index (χ0) is 33.0. The maximum absolute atomic E-state index is 12.3. The smallest absolute Gasteiger partial charge is 0.270 e. The van der Waals surface area contributed by atoms with E-state index in [0.717, 1.165) is 27.7 Å². The molecule has 0 radical (unpaired) electrons. The van der Waals surface area contributed by atoms with Gasteiger partial charge >= 0.3 is 0 Å². The van der Waals surface area contributed by atoms with Crippen LogP contribution in [0.2, 0.25) is 0 Å². The monoisotopic (exact) mass is 629 g/mol. The van der Waals surface area contributed by atoms with Gasteiger partial charge in [-0.05, 0) is 51.1 Å². The van der Waals surface area contributed by atoms with Crippen LogP contribution in [0.15, 0.2) is 54.6 Å². The van der Waals surface area contributed by atoms with Crippen LogP contribution in [0, 0.1) is 41.0 Å². The van der Waals surface area contributed by atoms with Crippen LogP contribution in [-0.4, -0.2) is 52.5 Å². The highest BCUT2D eigenvalue weighted by Gasteiger charge is 2.15. The Morgan fingerprint density at radius 3 is 1.73 bits per heavy atom. The van der Waals surface area contributed by atoms with Crippen molar-refractivity contribution in [2.75, 3.05) is 5.73 Å². The van der Waals surface area contributed by atoms with E-state index in [0.29, 0.717) is 27.8 Å². The van der Waals surface area contributed by atoms with Crippen molar-refractivity contribution in [2.45, 2.75) is 46.7 Å². The summed E-state index contributed by atoms with van der Waals surface area (Å²) in [5.74, 6) is 0. The molecule has 0 aliphatic rings. The van der Waals surface area contributed by atoms with Crippen molar-refractivity contribution < 1.29 is 27.4 Å². The molecule has 0 unspecified atom stereocenters. The summed E-state index contributed by atoms with van der Waals surface area (Å²) in [5.41, 5.74) is 10.3. The van der Waals surface area contributed by atoms with Gasteiger partial charge < -0.3 is 5.73 Å². The SMILES string of the molecule is Cc1[nH]nc2ccc([N+](=O)[O-])cc12.Cc1nn(CC(F)F)c2ccc(N)cc12.Cc1nn(CC(F)F)c2ccc([N+](=O)[O-])cc12. The summed E-state index contributed by atoms with van der Waals surface area (Å²) in [7, 11) is 0. The minimum absolute atomic E-state index is 0.0720. The number of aryl methyl sites for hydroxylation is 3. The van der Waals surface area contributed by atoms with Crippen LogP contribution in [0.5, 0.6) is 0 Å². The number of fused-ring (bicyclic) bond motifs is 3. The topological polar surface area (TPSA) is 177 Å². The van der Waals surface area contributed by atoms with E-state index in [4.69, 9.17) is 5.73 Å². The Hall–Kier alpha value is -5.61. The van der Waals surface area contributed by atoms with E-state index in [1.54, 1.807) is 38.1 Å². The number of H-pyrrole nitrogens is 1. The fraction of sp³-hybridized carbons (Fsp3) is 0.250. The van der Waals surface area contributed by atoms with Gasteiger partial charge in [0.1, 0.15) is 13.1 Å². The van der Waals surface area contributed by atoms with Gasteiger partial charge in [0.25, 0.3) is 24.2 Å². The third-order valence-corrected chi connectivity index (χ3v) is 6.65. The van der Waals surface area contributed by atoms with Crippen LogP contribution in [0.3, 0.4) is 0 Å². The van der Waals surface area contributed by atoms with Crippen LogP contribution in [0.25, 0.3) is 32.7 Å². The van der Waals surface area contributed by atoms with Gasteiger partial charge in [0.15, 0.2) is 0 Å². The summed E-state index contributed by atoms with van der Waals surface area (Å²) in [5, 5.41) is 37.9. The second-order valence-corrected chi connectivity index (χ2v) is 9.86. The van der Waals surface area contributed by atoms with Crippen LogP contribution in [0.1, 0.15) is 17.1 Å². The number of alkyl halides is 4. The van der Waals surface area contributed by atoms with Gasteiger partial charge in [-0.25, -0.2) is 17.6 Å². The summed E-state index contributed by atoms with van der Waals surface area (Å²) < 4.78 is 51.6.